The van der Waals surface area contributed by atoms with Gasteiger partial charge in [0, 0.05) is 19.1 Å². The zero-order chi connectivity index (χ0) is 15.4. The lowest BCUT2D eigenvalue weighted by Crippen LogP contribution is -2.49. The van der Waals surface area contributed by atoms with Gasteiger partial charge >= 0.3 is 6.09 Å². The van der Waals surface area contributed by atoms with Gasteiger partial charge in [0.25, 0.3) is 5.91 Å². The first kappa shape index (κ1) is 15.1. The Labute approximate surface area is 123 Å². The van der Waals surface area contributed by atoms with Gasteiger partial charge in [-0.25, -0.2) is 4.79 Å². The molecule has 8 heteroatoms. The predicted molar refractivity (Wildman–Crippen MR) is 76.8 cm³/mol. The summed E-state index contributed by atoms with van der Waals surface area (Å²) in [5.74, 6) is -0.216. The van der Waals surface area contributed by atoms with Crippen molar-refractivity contribution in [3.8, 4) is 0 Å². The van der Waals surface area contributed by atoms with Crippen LogP contribution in [0.1, 0.15) is 35.9 Å². The molecule has 116 valence electrons. The van der Waals surface area contributed by atoms with Crippen molar-refractivity contribution in [3.63, 3.8) is 0 Å². The van der Waals surface area contributed by atoms with Gasteiger partial charge in [0.1, 0.15) is 0 Å². The molecule has 0 spiro atoms. The van der Waals surface area contributed by atoms with E-state index in [4.69, 9.17) is 10.5 Å². The minimum atomic E-state index is -0.452. The third kappa shape index (κ3) is 3.45. The number of nitrogens with one attached hydrogen (secondary N) is 2. The Kier molecular flexibility index (Phi) is 4.66. The summed E-state index contributed by atoms with van der Waals surface area (Å²) < 4.78 is 4.86. The minimum absolute atomic E-state index is 0.108. The number of carbonyl (C=O) groups is 2. The van der Waals surface area contributed by atoms with E-state index < -0.39 is 6.09 Å². The molecule has 0 radical (unpaired) electrons. The van der Waals surface area contributed by atoms with Crippen molar-refractivity contribution in [2.24, 2.45) is 0 Å². The maximum absolute atomic E-state index is 12.4. The number of amides is 2. The molecule has 8 nitrogen and oxygen atoms in total. The smallest absolute Gasteiger partial charge is 0.407 e. The van der Waals surface area contributed by atoms with Crippen LogP contribution in [0.4, 0.5) is 10.5 Å². The van der Waals surface area contributed by atoms with Gasteiger partial charge < -0.3 is 20.7 Å². The van der Waals surface area contributed by atoms with Crippen LogP contribution in [0.15, 0.2) is 0 Å². The number of rotatable bonds is 3. The molecule has 0 aromatic carbocycles. The van der Waals surface area contributed by atoms with Crippen molar-refractivity contribution in [2.45, 2.75) is 32.7 Å². The van der Waals surface area contributed by atoms with E-state index >= 15 is 0 Å². The van der Waals surface area contributed by atoms with Gasteiger partial charge in [0.15, 0.2) is 5.69 Å². The molecule has 1 aromatic rings. The Hall–Kier alpha value is -2.25. The Morgan fingerprint density at radius 1 is 1.57 bits per heavy atom. The van der Waals surface area contributed by atoms with Crippen LogP contribution >= 0.6 is 0 Å². The molecule has 1 aliphatic rings. The number of nitrogens with zero attached hydrogens (tertiary/aromatic N) is 2. The topological polar surface area (TPSA) is 113 Å². The summed E-state index contributed by atoms with van der Waals surface area (Å²) in [7, 11) is 0. The summed E-state index contributed by atoms with van der Waals surface area (Å²) in [6, 6.07) is -0.108. The fourth-order valence-electron chi connectivity index (χ4n) is 2.37. The molecule has 0 aliphatic carbocycles. The maximum atomic E-state index is 12.4. The second-order valence-corrected chi connectivity index (χ2v) is 5.07. The number of H-pyrrole nitrogens is 1. The number of ether oxygens (including phenoxy) is 1. The summed E-state index contributed by atoms with van der Waals surface area (Å²) in [6.45, 7) is 4.90. The summed E-state index contributed by atoms with van der Waals surface area (Å²) in [4.78, 5) is 25.5. The number of hydrogen-bond acceptors (Lipinski definition) is 5. The van der Waals surface area contributed by atoms with E-state index in [1.165, 1.54) is 0 Å². The number of piperidine rings is 1. The molecule has 2 amide bonds. The van der Waals surface area contributed by atoms with Crippen LogP contribution in [-0.2, 0) is 4.74 Å². The quantitative estimate of drug-likeness (QED) is 0.757. The van der Waals surface area contributed by atoms with Crippen LogP contribution in [0.3, 0.4) is 0 Å². The van der Waals surface area contributed by atoms with Crippen LogP contribution in [0.5, 0.6) is 0 Å². The number of carbonyl (C=O) groups excluding carboxylic acids is 2. The van der Waals surface area contributed by atoms with Crippen molar-refractivity contribution in [2.75, 3.05) is 25.4 Å². The van der Waals surface area contributed by atoms with Crippen molar-refractivity contribution in [1.29, 1.82) is 0 Å². The molecule has 2 heterocycles. The average molecular weight is 295 g/mol. The normalized spacial score (nSPS) is 18.4. The number of aromatic nitrogens is 2. The molecule has 1 aliphatic heterocycles. The van der Waals surface area contributed by atoms with Crippen molar-refractivity contribution >= 4 is 17.7 Å². The summed E-state index contributed by atoms with van der Waals surface area (Å²) >= 11 is 0. The van der Waals surface area contributed by atoms with Crippen LogP contribution in [0.2, 0.25) is 0 Å². The largest absolute Gasteiger partial charge is 0.450 e. The number of likely N-dealkylation sites (tertiary alicyclic amines) is 1. The standard InChI is InChI=1S/C13H21N5O3/c1-3-21-13(20)15-9-5-4-6-18(7-9)12(19)11-10(14)8(2)16-17-11/h9H,3-7,14H2,1-2H3,(H,15,20)(H,16,17). The zero-order valence-corrected chi connectivity index (χ0v) is 12.3. The summed E-state index contributed by atoms with van der Waals surface area (Å²) in [5, 5.41) is 9.42. The van der Waals surface area contributed by atoms with Gasteiger partial charge in [-0.05, 0) is 26.7 Å². The fraction of sp³-hybridized carbons (Fsp3) is 0.615. The van der Waals surface area contributed by atoms with Crippen LogP contribution in [0.25, 0.3) is 0 Å². The van der Waals surface area contributed by atoms with Crippen LogP contribution < -0.4 is 11.1 Å². The van der Waals surface area contributed by atoms with Crippen molar-refractivity contribution in [3.05, 3.63) is 11.4 Å². The fourth-order valence-corrected chi connectivity index (χ4v) is 2.37. The van der Waals surface area contributed by atoms with Gasteiger partial charge in [-0.3, -0.25) is 9.89 Å². The third-order valence-electron chi connectivity index (χ3n) is 3.50. The molecule has 0 saturated carbocycles. The highest BCUT2D eigenvalue weighted by Gasteiger charge is 2.28. The van der Waals surface area contributed by atoms with E-state index in [1.807, 2.05) is 0 Å². The van der Waals surface area contributed by atoms with E-state index in [0.29, 0.717) is 31.1 Å². The van der Waals surface area contributed by atoms with E-state index in [2.05, 4.69) is 15.5 Å². The molecule has 4 N–H and O–H groups in total. The van der Waals surface area contributed by atoms with E-state index in [1.54, 1.807) is 18.7 Å². The lowest BCUT2D eigenvalue weighted by molar-refractivity contribution is 0.0681. The number of nitrogens with two attached hydrogens (primary N) is 1. The second-order valence-electron chi connectivity index (χ2n) is 5.07. The number of aryl methyl sites for hydroxylation is 1. The van der Waals surface area contributed by atoms with Crippen molar-refractivity contribution in [1.82, 2.24) is 20.4 Å². The molecular weight excluding hydrogens is 274 g/mol. The highest BCUT2D eigenvalue weighted by atomic mass is 16.5. The van der Waals surface area contributed by atoms with Gasteiger partial charge in [0.05, 0.1) is 18.0 Å². The average Bonchev–Trinajstić information content (AvgIpc) is 2.79. The molecule has 1 atom stereocenters. The van der Waals surface area contributed by atoms with Crippen LogP contribution in [0, 0.1) is 6.92 Å². The highest BCUT2D eigenvalue weighted by molar-refractivity contribution is 5.97. The number of alkyl carbamates (subject to hydrolysis) is 1. The number of anilines is 1. The summed E-state index contributed by atoms with van der Waals surface area (Å²) in [5.41, 5.74) is 7.13. The van der Waals surface area contributed by atoms with E-state index in [9.17, 15) is 9.59 Å². The second kappa shape index (κ2) is 6.47. The number of aromatic amines is 1. The SMILES string of the molecule is CCOC(=O)NC1CCCN(C(=O)c2n[nH]c(C)c2N)C1. The van der Waals surface area contributed by atoms with E-state index in [0.717, 1.165) is 12.8 Å². The molecule has 2 rings (SSSR count). The lowest BCUT2D eigenvalue weighted by atomic mass is 10.1. The lowest BCUT2D eigenvalue weighted by Gasteiger charge is -2.32. The molecule has 1 unspecified atom stereocenters. The molecule has 1 fully saturated rings. The first-order valence-corrected chi connectivity index (χ1v) is 7.06. The van der Waals surface area contributed by atoms with Gasteiger partial charge in [0.2, 0.25) is 0 Å². The van der Waals surface area contributed by atoms with Gasteiger partial charge in [-0.2, -0.15) is 5.10 Å². The predicted octanol–water partition coefficient (Wildman–Crippen LogP) is 0.651. The summed E-state index contributed by atoms with van der Waals surface area (Å²) in [6.07, 6.45) is 1.18. The first-order chi connectivity index (χ1) is 10.0. The van der Waals surface area contributed by atoms with Crippen molar-refractivity contribution < 1.29 is 14.3 Å². The monoisotopic (exact) mass is 295 g/mol. The Morgan fingerprint density at radius 3 is 2.95 bits per heavy atom. The Balaban J connectivity index is 1.99. The molecule has 1 aromatic heterocycles. The Morgan fingerprint density at radius 2 is 2.33 bits per heavy atom. The maximum Gasteiger partial charge on any atom is 0.407 e. The Bertz CT molecular complexity index is 528. The zero-order valence-electron chi connectivity index (χ0n) is 12.3. The molecule has 0 bridgehead atoms. The first-order valence-electron chi connectivity index (χ1n) is 7.06. The van der Waals surface area contributed by atoms with Gasteiger partial charge in [-0.15, -0.1) is 0 Å². The third-order valence-corrected chi connectivity index (χ3v) is 3.50. The number of nitrogen functional groups attached to an aromatic ring is 1. The molecular formula is C13H21N5O3. The van der Waals surface area contributed by atoms with Gasteiger partial charge in [-0.1, -0.05) is 0 Å². The minimum Gasteiger partial charge on any atom is -0.450 e. The highest BCUT2D eigenvalue weighted by Crippen LogP contribution is 2.18. The van der Waals surface area contributed by atoms with Crippen LogP contribution in [-0.4, -0.2) is 52.8 Å². The molecule has 1 saturated heterocycles. The number of hydrogen-bond donors (Lipinski definition) is 3. The van der Waals surface area contributed by atoms with E-state index in [-0.39, 0.29) is 17.6 Å². The molecule has 21 heavy (non-hydrogen) atoms.